The molecule has 2 aliphatic rings. The van der Waals surface area contributed by atoms with Gasteiger partial charge in [-0.05, 0) is 42.1 Å². The Morgan fingerprint density at radius 3 is 2.79 bits per heavy atom. The standard InChI is InChI=1S/C14H22/c1-4-13-11(3)6-7-12-9-10(2)5-8-14(12)13/h6-7,9-11,13-14H,4-5,8H2,1-3H3/t10-,11+,13+,14+/m1/s1. The third-order valence-electron chi connectivity index (χ3n) is 4.09. The molecule has 0 aromatic rings. The molecule has 0 aromatic carbocycles. The van der Waals surface area contributed by atoms with Crippen LogP contribution in [0, 0.1) is 23.7 Å². The average molecular weight is 190 g/mol. The highest BCUT2D eigenvalue weighted by molar-refractivity contribution is 5.29. The average Bonchev–Trinajstić information content (AvgIpc) is 2.18. The van der Waals surface area contributed by atoms with E-state index in [9.17, 15) is 0 Å². The molecule has 0 radical (unpaired) electrons. The Labute approximate surface area is 88.1 Å². The Kier molecular flexibility index (Phi) is 2.80. The van der Waals surface area contributed by atoms with Crippen LogP contribution in [0.1, 0.15) is 40.0 Å². The molecule has 0 unspecified atom stereocenters. The van der Waals surface area contributed by atoms with Gasteiger partial charge < -0.3 is 0 Å². The fourth-order valence-electron chi connectivity index (χ4n) is 3.21. The lowest BCUT2D eigenvalue weighted by atomic mass is 9.67. The zero-order chi connectivity index (χ0) is 10.1. The van der Waals surface area contributed by atoms with E-state index in [0.29, 0.717) is 0 Å². The summed E-state index contributed by atoms with van der Waals surface area (Å²) in [7, 11) is 0. The van der Waals surface area contributed by atoms with Crippen molar-refractivity contribution in [2.24, 2.45) is 23.7 Å². The maximum atomic E-state index is 2.50. The van der Waals surface area contributed by atoms with Gasteiger partial charge in [0, 0.05) is 0 Å². The number of allylic oxidation sites excluding steroid dienone is 4. The normalized spacial score (nSPS) is 41.8. The largest absolute Gasteiger partial charge is 0.0811 e. The van der Waals surface area contributed by atoms with Crippen LogP contribution in [-0.2, 0) is 0 Å². The molecule has 0 bridgehead atoms. The third-order valence-corrected chi connectivity index (χ3v) is 4.09. The first-order valence-electron chi connectivity index (χ1n) is 6.12. The lowest BCUT2D eigenvalue weighted by Gasteiger charge is -2.38. The predicted molar refractivity (Wildman–Crippen MR) is 62.1 cm³/mol. The summed E-state index contributed by atoms with van der Waals surface area (Å²) in [4.78, 5) is 0. The quantitative estimate of drug-likeness (QED) is 0.581. The summed E-state index contributed by atoms with van der Waals surface area (Å²) in [5, 5.41) is 0. The summed E-state index contributed by atoms with van der Waals surface area (Å²) in [6, 6.07) is 0. The molecule has 2 rings (SSSR count). The van der Waals surface area contributed by atoms with Crippen LogP contribution in [0.3, 0.4) is 0 Å². The molecule has 0 fully saturated rings. The van der Waals surface area contributed by atoms with Gasteiger partial charge in [-0.3, -0.25) is 0 Å². The molecule has 0 N–H and O–H groups in total. The van der Waals surface area contributed by atoms with E-state index in [4.69, 9.17) is 0 Å². The second kappa shape index (κ2) is 3.92. The van der Waals surface area contributed by atoms with Crippen molar-refractivity contribution in [3.63, 3.8) is 0 Å². The maximum absolute atomic E-state index is 2.50. The molecule has 0 spiro atoms. The van der Waals surface area contributed by atoms with E-state index in [2.05, 4.69) is 39.0 Å². The Hall–Kier alpha value is -0.520. The van der Waals surface area contributed by atoms with Crippen molar-refractivity contribution in [1.29, 1.82) is 0 Å². The third kappa shape index (κ3) is 1.67. The Bertz CT molecular complexity index is 259. The van der Waals surface area contributed by atoms with Crippen LogP contribution in [0.4, 0.5) is 0 Å². The highest BCUT2D eigenvalue weighted by Gasteiger charge is 2.31. The fourth-order valence-corrected chi connectivity index (χ4v) is 3.21. The number of hydrogen-bond donors (Lipinski definition) is 0. The maximum Gasteiger partial charge on any atom is -0.0131 e. The van der Waals surface area contributed by atoms with Crippen molar-refractivity contribution in [1.82, 2.24) is 0 Å². The molecule has 78 valence electrons. The van der Waals surface area contributed by atoms with Crippen LogP contribution in [0.15, 0.2) is 23.8 Å². The summed E-state index contributed by atoms with van der Waals surface area (Å²) < 4.78 is 0. The number of fused-ring (bicyclic) bond motifs is 1. The van der Waals surface area contributed by atoms with Gasteiger partial charge in [-0.2, -0.15) is 0 Å². The lowest BCUT2D eigenvalue weighted by Crippen LogP contribution is -2.27. The minimum atomic E-state index is 0.788. The number of rotatable bonds is 1. The molecule has 4 atom stereocenters. The molecule has 0 nitrogen and oxygen atoms in total. The summed E-state index contributed by atoms with van der Waals surface area (Å²) in [6.45, 7) is 7.06. The van der Waals surface area contributed by atoms with Crippen LogP contribution in [-0.4, -0.2) is 0 Å². The Balaban J connectivity index is 2.26. The molecule has 0 aromatic heterocycles. The van der Waals surface area contributed by atoms with E-state index < -0.39 is 0 Å². The van der Waals surface area contributed by atoms with Crippen molar-refractivity contribution < 1.29 is 0 Å². The highest BCUT2D eigenvalue weighted by Crippen LogP contribution is 2.42. The van der Waals surface area contributed by atoms with E-state index in [1.165, 1.54) is 19.3 Å². The molecular weight excluding hydrogens is 168 g/mol. The Morgan fingerprint density at radius 1 is 1.29 bits per heavy atom. The number of hydrogen-bond acceptors (Lipinski definition) is 0. The zero-order valence-electron chi connectivity index (χ0n) is 9.66. The van der Waals surface area contributed by atoms with Gasteiger partial charge in [-0.1, -0.05) is 45.4 Å². The van der Waals surface area contributed by atoms with Gasteiger partial charge in [0.2, 0.25) is 0 Å². The molecule has 0 heterocycles. The van der Waals surface area contributed by atoms with Crippen molar-refractivity contribution in [2.75, 3.05) is 0 Å². The van der Waals surface area contributed by atoms with Gasteiger partial charge in [-0.15, -0.1) is 0 Å². The van der Waals surface area contributed by atoms with E-state index in [1.54, 1.807) is 5.57 Å². The van der Waals surface area contributed by atoms with Crippen LogP contribution < -0.4 is 0 Å². The van der Waals surface area contributed by atoms with Crippen molar-refractivity contribution >= 4 is 0 Å². The molecule has 0 aliphatic heterocycles. The lowest BCUT2D eigenvalue weighted by molar-refractivity contribution is 0.257. The predicted octanol–water partition coefficient (Wildman–Crippen LogP) is 4.19. The van der Waals surface area contributed by atoms with Crippen molar-refractivity contribution in [3.05, 3.63) is 23.8 Å². The first kappa shape index (κ1) is 10.0. The van der Waals surface area contributed by atoms with E-state index in [0.717, 1.165) is 23.7 Å². The second-order valence-electron chi connectivity index (χ2n) is 5.12. The molecule has 0 amide bonds. The zero-order valence-corrected chi connectivity index (χ0v) is 9.66. The van der Waals surface area contributed by atoms with Crippen LogP contribution in [0.2, 0.25) is 0 Å². The summed E-state index contributed by atoms with van der Waals surface area (Å²) in [6.07, 6.45) is 11.4. The molecular formula is C14H22. The first-order chi connectivity index (χ1) is 6.72. The molecule has 0 heteroatoms. The summed E-state index contributed by atoms with van der Waals surface area (Å²) in [5.41, 5.74) is 1.63. The highest BCUT2D eigenvalue weighted by atomic mass is 14.4. The monoisotopic (exact) mass is 190 g/mol. The van der Waals surface area contributed by atoms with E-state index in [-0.39, 0.29) is 0 Å². The minimum absolute atomic E-state index is 0.788. The summed E-state index contributed by atoms with van der Waals surface area (Å²) in [5.74, 6) is 3.36. The van der Waals surface area contributed by atoms with E-state index in [1.807, 2.05) is 0 Å². The topological polar surface area (TPSA) is 0 Å². The molecule has 0 saturated carbocycles. The minimum Gasteiger partial charge on any atom is -0.0811 e. The van der Waals surface area contributed by atoms with Crippen LogP contribution >= 0.6 is 0 Å². The van der Waals surface area contributed by atoms with Gasteiger partial charge in [0.05, 0.1) is 0 Å². The first-order valence-corrected chi connectivity index (χ1v) is 6.12. The second-order valence-corrected chi connectivity index (χ2v) is 5.12. The van der Waals surface area contributed by atoms with Gasteiger partial charge in [0.15, 0.2) is 0 Å². The van der Waals surface area contributed by atoms with E-state index >= 15 is 0 Å². The van der Waals surface area contributed by atoms with Gasteiger partial charge in [0.1, 0.15) is 0 Å². The van der Waals surface area contributed by atoms with Gasteiger partial charge in [-0.25, -0.2) is 0 Å². The molecule has 14 heavy (non-hydrogen) atoms. The van der Waals surface area contributed by atoms with Crippen LogP contribution in [0.25, 0.3) is 0 Å². The molecule has 2 aliphatic carbocycles. The van der Waals surface area contributed by atoms with Crippen molar-refractivity contribution in [3.8, 4) is 0 Å². The smallest absolute Gasteiger partial charge is 0.0131 e. The van der Waals surface area contributed by atoms with Gasteiger partial charge in [0.25, 0.3) is 0 Å². The molecule has 0 saturated heterocycles. The Morgan fingerprint density at radius 2 is 2.07 bits per heavy atom. The van der Waals surface area contributed by atoms with Crippen LogP contribution in [0.5, 0.6) is 0 Å². The SMILES string of the molecule is CC[C@H]1[C@@H](C)C=CC2=C[C@H](C)CC[C@@H]21. The fraction of sp³-hybridized carbons (Fsp3) is 0.714. The summed E-state index contributed by atoms with van der Waals surface area (Å²) >= 11 is 0. The van der Waals surface area contributed by atoms with Crippen molar-refractivity contribution in [2.45, 2.75) is 40.0 Å². The van der Waals surface area contributed by atoms with Gasteiger partial charge >= 0.3 is 0 Å².